The van der Waals surface area contributed by atoms with Crippen LogP contribution >= 0.6 is 0 Å². The second-order valence-corrected chi connectivity index (χ2v) is 15.2. The van der Waals surface area contributed by atoms with Crippen LogP contribution in [0.5, 0.6) is 0 Å². The Morgan fingerprint density at radius 3 is 1.71 bits per heavy atom. The standard InChI is InChI=1S/C56H35NO2/c1-3-14-43-38(11-1)13-9-18-44(43)40-25-23-36(24-26-40)37-27-31-42(32-28-37)57(51-20-10-22-53-55(51)49-34-29-39-12-2-4-16-46(39)56(49)59-53)50-19-7-5-15-45(50)41-30-33-48-47-17-6-8-21-52(47)58-54(48)35-41/h1-35H. The van der Waals surface area contributed by atoms with Crippen LogP contribution in [-0.4, -0.2) is 0 Å². The van der Waals surface area contributed by atoms with Gasteiger partial charge in [0.2, 0.25) is 0 Å². The highest BCUT2D eigenvalue weighted by Crippen LogP contribution is 2.47. The summed E-state index contributed by atoms with van der Waals surface area (Å²) in [5, 5.41) is 9.17. The molecule has 0 aliphatic heterocycles. The molecule has 0 saturated heterocycles. The lowest BCUT2D eigenvalue weighted by atomic mass is 9.96. The first-order valence-electron chi connectivity index (χ1n) is 20.1. The molecule has 0 spiro atoms. The summed E-state index contributed by atoms with van der Waals surface area (Å²) in [6.07, 6.45) is 0. The molecule has 0 N–H and O–H groups in total. The summed E-state index contributed by atoms with van der Waals surface area (Å²) in [5.41, 5.74) is 13.6. The molecule has 0 saturated carbocycles. The highest BCUT2D eigenvalue weighted by atomic mass is 16.3. The molecule has 0 aliphatic rings. The summed E-state index contributed by atoms with van der Waals surface area (Å²) in [4.78, 5) is 2.39. The van der Waals surface area contributed by atoms with Crippen molar-refractivity contribution in [1.82, 2.24) is 0 Å². The molecule has 0 atom stereocenters. The maximum atomic E-state index is 6.72. The first-order valence-corrected chi connectivity index (χ1v) is 20.1. The molecule has 12 aromatic rings. The summed E-state index contributed by atoms with van der Waals surface area (Å²) >= 11 is 0. The Bertz CT molecular complexity index is 3550. The molecule has 276 valence electrons. The molecule has 12 rings (SSSR count). The van der Waals surface area contributed by atoms with Crippen LogP contribution in [0.15, 0.2) is 221 Å². The number of fused-ring (bicyclic) bond motifs is 9. The zero-order valence-corrected chi connectivity index (χ0v) is 32.0. The van der Waals surface area contributed by atoms with Gasteiger partial charge in [-0.25, -0.2) is 0 Å². The lowest BCUT2D eigenvalue weighted by molar-refractivity contribution is 0.669. The third-order valence-electron chi connectivity index (χ3n) is 11.9. The van der Waals surface area contributed by atoms with Crippen molar-refractivity contribution >= 4 is 82.5 Å². The Morgan fingerprint density at radius 1 is 0.305 bits per heavy atom. The molecule has 0 aliphatic carbocycles. The molecule has 2 aromatic heterocycles. The summed E-state index contributed by atoms with van der Waals surface area (Å²) < 4.78 is 13.1. The summed E-state index contributed by atoms with van der Waals surface area (Å²) in [7, 11) is 0. The van der Waals surface area contributed by atoms with E-state index in [-0.39, 0.29) is 0 Å². The second kappa shape index (κ2) is 13.4. The highest BCUT2D eigenvalue weighted by molar-refractivity contribution is 6.20. The van der Waals surface area contributed by atoms with Crippen molar-refractivity contribution in [3.63, 3.8) is 0 Å². The van der Waals surface area contributed by atoms with Crippen molar-refractivity contribution in [1.29, 1.82) is 0 Å². The van der Waals surface area contributed by atoms with Crippen LogP contribution in [0.1, 0.15) is 0 Å². The predicted molar refractivity (Wildman–Crippen MR) is 247 cm³/mol. The lowest BCUT2D eigenvalue weighted by Gasteiger charge is -2.28. The van der Waals surface area contributed by atoms with Gasteiger partial charge in [0.25, 0.3) is 0 Å². The number of para-hydroxylation sites is 2. The van der Waals surface area contributed by atoms with E-state index in [9.17, 15) is 0 Å². The number of rotatable bonds is 6. The maximum Gasteiger partial charge on any atom is 0.143 e. The first-order chi connectivity index (χ1) is 29.2. The fraction of sp³-hybridized carbons (Fsp3) is 0. The molecule has 3 heteroatoms. The number of anilines is 3. The highest BCUT2D eigenvalue weighted by Gasteiger charge is 2.23. The minimum atomic E-state index is 0.850. The van der Waals surface area contributed by atoms with Gasteiger partial charge in [0, 0.05) is 32.8 Å². The molecule has 0 fully saturated rings. The molecule has 0 bridgehead atoms. The summed E-state index contributed by atoms with van der Waals surface area (Å²) in [6.45, 7) is 0. The molecule has 2 heterocycles. The zero-order valence-electron chi connectivity index (χ0n) is 32.0. The fourth-order valence-corrected chi connectivity index (χ4v) is 9.06. The molecular weight excluding hydrogens is 719 g/mol. The van der Waals surface area contributed by atoms with E-state index in [2.05, 4.69) is 205 Å². The van der Waals surface area contributed by atoms with E-state index >= 15 is 0 Å². The summed E-state index contributed by atoms with van der Waals surface area (Å²) in [6, 6.07) is 75.7. The number of hydrogen-bond donors (Lipinski definition) is 0. The van der Waals surface area contributed by atoms with E-state index < -0.39 is 0 Å². The van der Waals surface area contributed by atoms with Crippen molar-refractivity contribution in [2.75, 3.05) is 4.90 Å². The molecule has 0 radical (unpaired) electrons. The van der Waals surface area contributed by atoms with Crippen LogP contribution in [-0.2, 0) is 0 Å². The van der Waals surface area contributed by atoms with Gasteiger partial charge in [-0.05, 0) is 98.6 Å². The van der Waals surface area contributed by atoms with Gasteiger partial charge in [0.15, 0.2) is 0 Å². The van der Waals surface area contributed by atoms with Gasteiger partial charge in [-0.2, -0.15) is 0 Å². The van der Waals surface area contributed by atoms with E-state index in [4.69, 9.17) is 8.83 Å². The number of hydrogen-bond acceptors (Lipinski definition) is 3. The van der Waals surface area contributed by atoms with Crippen molar-refractivity contribution in [3.8, 4) is 33.4 Å². The lowest BCUT2D eigenvalue weighted by Crippen LogP contribution is -2.11. The van der Waals surface area contributed by atoms with Crippen LogP contribution in [0.25, 0.3) is 98.8 Å². The van der Waals surface area contributed by atoms with Crippen LogP contribution in [0, 0.1) is 0 Å². The Labute approximate surface area is 340 Å². The summed E-state index contributed by atoms with van der Waals surface area (Å²) in [5.74, 6) is 0. The van der Waals surface area contributed by atoms with Gasteiger partial charge in [-0.1, -0.05) is 158 Å². The van der Waals surface area contributed by atoms with E-state index in [1.807, 2.05) is 12.1 Å². The Balaban J connectivity index is 1.02. The molecule has 0 unspecified atom stereocenters. The molecule has 10 aromatic carbocycles. The number of furan rings is 2. The van der Waals surface area contributed by atoms with E-state index in [1.165, 1.54) is 27.5 Å². The average Bonchev–Trinajstić information content (AvgIpc) is 3.88. The Morgan fingerprint density at radius 2 is 0.864 bits per heavy atom. The fourth-order valence-electron chi connectivity index (χ4n) is 9.06. The molecule has 59 heavy (non-hydrogen) atoms. The van der Waals surface area contributed by atoms with Crippen molar-refractivity contribution in [2.24, 2.45) is 0 Å². The monoisotopic (exact) mass is 753 g/mol. The Hall–Kier alpha value is -7.88. The van der Waals surface area contributed by atoms with Crippen LogP contribution in [0.3, 0.4) is 0 Å². The van der Waals surface area contributed by atoms with E-state index in [0.717, 1.165) is 88.4 Å². The van der Waals surface area contributed by atoms with Crippen molar-refractivity contribution < 1.29 is 8.83 Å². The molecule has 3 nitrogen and oxygen atoms in total. The maximum absolute atomic E-state index is 6.72. The number of benzene rings is 10. The first kappa shape index (κ1) is 33.3. The van der Waals surface area contributed by atoms with Gasteiger partial charge >= 0.3 is 0 Å². The minimum Gasteiger partial charge on any atom is -0.456 e. The van der Waals surface area contributed by atoms with E-state index in [1.54, 1.807) is 0 Å². The average molecular weight is 754 g/mol. The van der Waals surface area contributed by atoms with Gasteiger partial charge in [0.1, 0.15) is 22.3 Å². The quantitative estimate of drug-likeness (QED) is 0.169. The van der Waals surface area contributed by atoms with Gasteiger partial charge < -0.3 is 13.7 Å². The smallest absolute Gasteiger partial charge is 0.143 e. The largest absolute Gasteiger partial charge is 0.456 e. The second-order valence-electron chi connectivity index (χ2n) is 15.2. The van der Waals surface area contributed by atoms with Crippen molar-refractivity contribution in [3.05, 3.63) is 212 Å². The SMILES string of the molecule is c1ccc(N(c2ccc(-c3ccc(-c4cccc5ccccc45)cc3)cc2)c2cccc3oc4c5ccccc5ccc4c23)c(-c2ccc3c(c2)oc2ccccc23)c1. The van der Waals surface area contributed by atoms with Crippen molar-refractivity contribution in [2.45, 2.75) is 0 Å². The topological polar surface area (TPSA) is 29.5 Å². The molecular formula is C56H35NO2. The normalized spacial score (nSPS) is 11.7. The molecule has 0 amide bonds. The van der Waals surface area contributed by atoms with Gasteiger partial charge in [-0.15, -0.1) is 0 Å². The van der Waals surface area contributed by atoms with Crippen LogP contribution in [0.2, 0.25) is 0 Å². The van der Waals surface area contributed by atoms with Gasteiger partial charge in [-0.3, -0.25) is 0 Å². The zero-order chi connectivity index (χ0) is 38.9. The van der Waals surface area contributed by atoms with Crippen LogP contribution in [0.4, 0.5) is 17.1 Å². The predicted octanol–water partition coefficient (Wildman–Crippen LogP) is 16.3. The number of nitrogens with zero attached hydrogens (tertiary/aromatic N) is 1. The Kier molecular flexibility index (Phi) is 7.54. The van der Waals surface area contributed by atoms with Crippen LogP contribution < -0.4 is 4.90 Å². The third kappa shape index (κ3) is 5.44. The minimum absolute atomic E-state index is 0.850. The van der Waals surface area contributed by atoms with Gasteiger partial charge in [0.05, 0.1) is 16.8 Å². The van der Waals surface area contributed by atoms with E-state index in [0.29, 0.717) is 0 Å². The third-order valence-corrected chi connectivity index (χ3v) is 11.9.